The van der Waals surface area contributed by atoms with Crippen LogP contribution in [-0.4, -0.2) is 30.9 Å². The number of halogens is 1. The number of hydrogen-bond donors (Lipinski definition) is 1. The third kappa shape index (κ3) is 4.08. The Bertz CT molecular complexity index is 916. The van der Waals surface area contributed by atoms with E-state index >= 15 is 0 Å². The minimum atomic E-state index is -0.333. The Hall–Kier alpha value is -1.90. The zero-order chi connectivity index (χ0) is 18.8. The van der Waals surface area contributed by atoms with Crippen LogP contribution in [0.25, 0.3) is 11.4 Å². The van der Waals surface area contributed by atoms with Crippen LogP contribution in [0.4, 0.5) is 5.13 Å². The van der Waals surface area contributed by atoms with Crippen LogP contribution in [0.15, 0.2) is 29.4 Å². The first-order chi connectivity index (χ1) is 12.3. The topological polar surface area (TPSA) is 72.7 Å². The van der Waals surface area contributed by atoms with Crippen molar-refractivity contribution in [1.29, 1.82) is 0 Å². The fourth-order valence-electron chi connectivity index (χ4n) is 2.21. The molecule has 0 aliphatic rings. The zero-order valence-corrected chi connectivity index (χ0v) is 17.2. The highest BCUT2D eigenvalue weighted by molar-refractivity contribution is 8.00. The molecule has 2 aromatic heterocycles. The minimum Gasteiger partial charge on any atom is -0.305 e. The Morgan fingerprint density at radius 2 is 1.96 bits per heavy atom. The molecule has 0 bridgehead atoms. The molecule has 3 aromatic rings. The Labute approximate surface area is 165 Å². The summed E-state index contributed by atoms with van der Waals surface area (Å²) in [6.45, 7) is 5.75. The first-order valence-corrected chi connectivity index (χ1v) is 9.99. The number of nitrogens with zero attached hydrogens (tertiary/aromatic N) is 4. The van der Waals surface area contributed by atoms with Crippen molar-refractivity contribution in [3.8, 4) is 11.4 Å². The van der Waals surface area contributed by atoms with Crippen LogP contribution in [0.2, 0.25) is 5.02 Å². The van der Waals surface area contributed by atoms with Gasteiger partial charge in [-0.3, -0.25) is 4.79 Å². The Morgan fingerprint density at radius 1 is 1.27 bits per heavy atom. The summed E-state index contributed by atoms with van der Waals surface area (Å²) < 4.78 is 1.87. The van der Waals surface area contributed by atoms with Gasteiger partial charge in [0.05, 0.1) is 10.9 Å². The standard InChI is InChI=1S/C17H18ClN5OS2/c1-9-10(2)25-16(19-9)20-15(24)11(3)26-17-22-21-14(23(17)4)12-5-7-13(18)8-6-12/h5-8,11H,1-4H3,(H,19,20,24). The predicted octanol–water partition coefficient (Wildman–Crippen LogP) is 4.33. The molecule has 0 spiro atoms. The maximum atomic E-state index is 12.4. The Morgan fingerprint density at radius 3 is 2.58 bits per heavy atom. The smallest absolute Gasteiger partial charge is 0.239 e. The van der Waals surface area contributed by atoms with Crippen LogP contribution in [0, 0.1) is 13.8 Å². The van der Waals surface area contributed by atoms with Gasteiger partial charge in [0.15, 0.2) is 16.1 Å². The van der Waals surface area contributed by atoms with Gasteiger partial charge in [-0.05, 0) is 45.0 Å². The van der Waals surface area contributed by atoms with Gasteiger partial charge < -0.3 is 9.88 Å². The number of anilines is 1. The second-order valence-corrected chi connectivity index (χ2v) is 8.73. The fourth-order valence-corrected chi connectivity index (χ4v) is 3.97. The van der Waals surface area contributed by atoms with Crippen molar-refractivity contribution in [1.82, 2.24) is 19.7 Å². The molecule has 2 heterocycles. The summed E-state index contributed by atoms with van der Waals surface area (Å²) in [6.07, 6.45) is 0. The van der Waals surface area contributed by atoms with Crippen LogP contribution in [-0.2, 0) is 11.8 Å². The van der Waals surface area contributed by atoms with Gasteiger partial charge in [0.1, 0.15) is 0 Å². The number of amides is 1. The van der Waals surface area contributed by atoms with Gasteiger partial charge in [-0.15, -0.1) is 21.5 Å². The molecule has 1 aromatic carbocycles. The van der Waals surface area contributed by atoms with Crippen molar-refractivity contribution in [2.75, 3.05) is 5.32 Å². The molecule has 0 aliphatic heterocycles. The summed E-state index contributed by atoms with van der Waals surface area (Å²) in [5.41, 5.74) is 1.86. The third-order valence-electron chi connectivity index (χ3n) is 3.85. The summed E-state index contributed by atoms with van der Waals surface area (Å²) in [6, 6.07) is 7.41. The highest BCUT2D eigenvalue weighted by Crippen LogP contribution is 2.28. The van der Waals surface area contributed by atoms with Gasteiger partial charge in [0.2, 0.25) is 5.91 Å². The van der Waals surface area contributed by atoms with E-state index in [0.29, 0.717) is 15.3 Å². The van der Waals surface area contributed by atoms with Crippen LogP contribution in [0.5, 0.6) is 0 Å². The predicted molar refractivity (Wildman–Crippen MR) is 107 cm³/mol. The molecule has 0 aliphatic carbocycles. The van der Waals surface area contributed by atoms with E-state index in [1.807, 2.05) is 56.7 Å². The SMILES string of the molecule is Cc1nc(NC(=O)C(C)Sc2nnc(-c3ccc(Cl)cc3)n2C)sc1C. The van der Waals surface area contributed by atoms with E-state index in [-0.39, 0.29) is 11.2 Å². The fraction of sp³-hybridized carbons (Fsp3) is 0.294. The van der Waals surface area contributed by atoms with Gasteiger partial charge in [0, 0.05) is 22.5 Å². The molecule has 0 saturated carbocycles. The molecule has 1 amide bonds. The van der Waals surface area contributed by atoms with E-state index in [2.05, 4.69) is 20.5 Å². The van der Waals surface area contributed by atoms with Crippen molar-refractivity contribution in [2.24, 2.45) is 7.05 Å². The molecule has 26 heavy (non-hydrogen) atoms. The number of nitrogens with one attached hydrogen (secondary N) is 1. The van der Waals surface area contributed by atoms with Crippen LogP contribution >= 0.6 is 34.7 Å². The lowest BCUT2D eigenvalue weighted by atomic mass is 10.2. The normalized spacial score (nSPS) is 12.2. The first-order valence-electron chi connectivity index (χ1n) is 7.92. The zero-order valence-electron chi connectivity index (χ0n) is 14.8. The number of aromatic nitrogens is 4. The number of hydrogen-bond acceptors (Lipinski definition) is 6. The molecule has 1 unspecified atom stereocenters. The number of carbonyl (C=O) groups is 1. The van der Waals surface area contributed by atoms with E-state index in [4.69, 9.17) is 11.6 Å². The van der Waals surface area contributed by atoms with Gasteiger partial charge >= 0.3 is 0 Å². The maximum absolute atomic E-state index is 12.4. The van der Waals surface area contributed by atoms with Crippen molar-refractivity contribution in [2.45, 2.75) is 31.2 Å². The average Bonchev–Trinajstić information content (AvgIpc) is 3.11. The second-order valence-electron chi connectivity index (χ2n) is 5.78. The molecular formula is C17H18ClN5OS2. The van der Waals surface area contributed by atoms with Gasteiger partial charge in [-0.2, -0.15) is 0 Å². The Balaban J connectivity index is 1.70. The minimum absolute atomic E-state index is 0.111. The van der Waals surface area contributed by atoms with Crippen LogP contribution < -0.4 is 5.32 Å². The van der Waals surface area contributed by atoms with Crippen LogP contribution in [0.3, 0.4) is 0 Å². The summed E-state index contributed by atoms with van der Waals surface area (Å²) in [5.74, 6) is 0.614. The molecule has 1 N–H and O–H groups in total. The van der Waals surface area contributed by atoms with Crippen molar-refractivity contribution >= 4 is 45.7 Å². The lowest BCUT2D eigenvalue weighted by Crippen LogP contribution is -2.22. The number of benzene rings is 1. The van der Waals surface area contributed by atoms with E-state index in [1.54, 1.807) is 0 Å². The summed E-state index contributed by atoms with van der Waals surface area (Å²) >= 11 is 8.76. The highest BCUT2D eigenvalue weighted by atomic mass is 35.5. The monoisotopic (exact) mass is 407 g/mol. The summed E-state index contributed by atoms with van der Waals surface area (Å²) in [7, 11) is 1.88. The molecule has 0 saturated heterocycles. The maximum Gasteiger partial charge on any atom is 0.239 e. The van der Waals surface area contributed by atoms with E-state index < -0.39 is 0 Å². The number of carbonyl (C=O) groups excluding carboxylic acids is 1. The molecular weight excluding hydrogens is 390 g/mol. The largest absolute Gasteiger partial charge is 0.305 e. The lowest BCUT2D eigenvalue weighted by molar-refractivity contribution is -0.115. The van der Waals surface area contributed by atoms with Crippen molar-refractivity contribution < 1.29 is 4.79 Å². The van der Waals surface area contributed by atoms with Gasteiger partial charge in [-0.25, -0.2) is 4.98 Å². The second kappa shape index (κ2) is 7.77. The first kappa shape index (κ1) is 18.9. The lowest BCUT2D eigenvalue weighted by Gasteiger charge is -2.10. The number of thiazole rings is 1. The average molecular weight is 408 g/mol. The van der Waals surface area contributed by atoms with Gasteiger partial charge in [0.25, 0.3) is 0 Å². The molecule has 3 rings (SSSR count). The third-order valence-corrected chi connectivity index (χ3v) is 6.22. The highest BCUT2D eigenvalue weighted by Gasteiger charge is 2.20. The van der Waals surface area contributed by atoms with E-state index in [9.17, 15) is 4.79 Å². The molecule has 6 nitrogen and oxygen atoms in total. The summed E-state index contributed by atoms with van der Waals surface area (Å²) in [5, 5.41) is 12.9. The molecule has 0 radical (unpaired) electrons. The molecule has 9 heteroatoms. The number of rotatable bonds is 5. The quantitative estimate of drug-likeness (QED) is 0.637. The van der Waals surface area contributed by atoms with E-state index in [0.717, 1.165) is 22.0 Å². The molecule has 136 valence electrons. The van der Waals surface area contributed by atoms with Crippen molar-refractivity contribution in [3.63, 3.8) is 0 Å². The van der Waals surface area contributed by atoms with Crippen molar-refractivity contribution in [3.05, 3.63) is 39.9 Å². The Kier molecular flexibility index (Phi) is 5.64. The summed E-state index contributed by atoms with van der Waals surface area (Å²) in [4.78, 5) is 17.9. The number of aryl methyl sites for hydroxylation is 2. The number of thioether (sulfide) groups is 1. The molecule has 0 fully saturated rings. The van der Waals surface area contributed by atoms with E-state index in [1.165, 1.54) is 23.1 Å². The van der Waals surface area contributed by atoms with Crippen LogP contribution in [0.1, 0.15) is 17.5 Å². The van der Waals surface area contributed by atoms with Gasteiger partial charge in [-0.1, -0.05) is 23.4 Å². The molecule has 1 atom stereocenters.